The summed E-state index contributed by atoms with van der Waals surface area (Å²) in [6.07, 6.45) is 0. The lowest BCUT2D eigenvalue weighted by atomic mass is 9.96. The smallest absolute Gasteiger partial charge is 0.169 e. The third-order valence-electron chi connectivity index (χ3n) is 2.84. The minimum absolute atomic E-state index is 0.297. The van der Waals surface area contributed by atoms with Crippen molar-refractivity contribution in [2.24, 2.45) is 0 Å². The Morgan fingerprint density at radius 3 is 2.44 bits per heavy atom. The molecule has 16 heavy (non-hydrogen) atoms. The maximum Gasteiger partial charge on any atom is 0.169 e. The van der Waals surface area contributed by atoms with Crippen LogP contribution >= 0.6 is 0 Å². The molecule has 0 aliphatic carbocycles. The summed E-state index contributed by atoms with van der Waals surface area (Å²) in [6, 6.07) is 3.40. The lowest BCUT2D eigenvalue weighted by Crippen LogP contribution is -1.91. The number of phenolic OH excluding ortho intramolecular Hbond substituents is 1. The van der Waals surface area contributed by atoms with Crippen LogP contribution in [0.15, 0.2) is 16.7 Å². The van der Waals surface area contributed by atoms with Crippen LogP contribution in [0.2, 0.25) is 0 Å². The van der Waals surface area contributed by atoms with Gasteiger partial charge in [-0.3, -0.25) is 0 Å². The van der Waals surface area contributed by atoms with E-state index in [0.717, 1.165) is 22.3 Å². The molecule has 0 atom stereocenters. The van der Waals surface area contributed by atoms with E-state index >= 15 is 0 Å². The molecule has 1 aromatic heterocycles. The van der Waals surface area contributed by atoms with Crippen LogP contribution in [0.5, 0.6) is 5.75 Å². The molecule has 2 rings (SSSR count). The molecule has 0 radical (unpaired) electrons. The first-order valence-corrected chi connectivity index (χ1v) is 5.03. The molecule has 0 unspecified atom stereocenters. The number of benzene rings is 1. The summed E-state index contributed by atoms with van der Waals surface area (Å²) in [5.41, 5.74) is 9.24. The number of phenols is 1. The SMILES string of the molecule is Cc1cc(O)c(C)c(C)c1-c1cc(N)no1. The Labute approximate surface area is 93.7 Å². The highest BCUT2D eigenvalue weighted by atomic mass is 16.5. The van der Waals surface area contributed by atoms with E-state index < -0.39 is 0 Å². The van der Waals surface area contributed by atoms with E-state index in [1.807, 2.05) is 20.8 Å². The van der Waals surface area contributed by atoms with E-state index in [-0.39, 0.29) is 0 Å². The molecular weight excluding hydrogens is 204 g/mol. The molecule has 1 heterocycles. The van der Waals surface area contributed by atoms with Crippen molar-refractivity contribution in [2.75, 3.05) is 5.73 Å². The zero-order chi connectivity index (χ0) is 11.9. The molecule has 0 bridgehead atoms. The number of hydrogen-bond donors (Lipinski definition) is 2. The molecule has 0 fully saturated rings. The number of rotatable bonds is 1. The van der Waals surface area contributed by atoms with Crippen molar-refractivity contribution in [3.63, 3.8) is 0 Å². The molecule has 0 saturated carbocycles. The Bertz CT molecular complexity index is 544. The van der Waals surface area contributed by atoms with Crippen molar-refractivity contribution in [1.29, 1.82) is 0 Å². The van der Waals surface area contributed by atoms with Crippen LogP contribution in [0.3, 0.4) is 0 Å². The molecule has 0 aliphatic rings. The highest BCUT2D eigenvalue weighted by molar-refractivity contribution is 5.71. The number of nitrogens with zero attached hydrogens (tertiary/aromatic N) is 1. The van der Waals surface area contributed by atoms with E-state index in [4.69, 9.17) is 10.3 Å². The van der Waals surface area contributed by atoms with Gasteiger partial charge in [-0.15, -0.1) is 0 Å². The predicted molar refractivity (Wildman–Crippen MR) is 62.2 cm³/mol. The van der Waals surface area contributed by atoms with Crippen molar-refractivity contribution < 1.29 is 9.63 Å². The number of nitrogen functional groups attached to an aromatic ring is 1. The minimum Gasteiger partial charge on any atom is -0.508 e. The Balaban J connectivity index is 2.70. The van der Waals surface area contributed by atoms with Crippen molar-refractivity contribution in [1.82, 2.24) is 5.16 Å². The van der Waals surface area contributed by atoms with Crippen LogP contribution in [0, 0.1) is 20.8 Å². The fraction of sp³-hybridized carbons (Fsp3) is 0.250. The first-order chi connectivity index (χ1) is 7.50. The lowest BCUT2D eigenvalue weighted by Gasteiger charge is -2.11. The lowest BCUT2D eigenvalue weighted by molar-refractivity contribution is 0.435. The zero-order valence-corrected chi connectivity index (χ0v) is 9.53. The van der Waals surface area contributed by atoms with Crippen LogP contribution in [-0.4, -0.2) is 10.3 Å². The van der Waals surface area contributed by atoms with Crippen LogP contribution in [0.25, 0.3) is 11.3 Å². The van der Waals surface area contributed by atoms with Gasteiger partial charge in [0.1, 0.15) is 5.75 Å². The maximum absolute atomic E-state index is 9.69. The Hall–Kier alpha value is -1.97. The summed E-state index contributed by atoms with van der Waals surface area (Å²) in [5, 5.41) is 13.4. The Morgan fingerprint density at radius 1 is 1.19 bits per heavy atom. The number of anilines is 1. The standard InChI is InChI=1S/C12H14N2O2/c1-6-4-9(15)7(2)8(3)12(6)10-5-11(13)14-16-10/h4-5,15H,1-3H3,(H2,13,14). The molecule has 2 aromatic rings. The average molecular weight is 218 g/mol. The second-order valence-electron chi connectivity index (χ2n) is 3.95. The summed E-state index contributed by atoms with van der Waals surface area (Å²) in [7, 11) is 0. The van der Waals surface area contributed by atoms with E-state index in [1.54, 1.807) is 12.1 Å². The van der Waals surface area contributed by atoms with Crippen LogP contribution in [0.1, 0.15) is 16.7 Å². The minimum atomic E-state index is 0.297. The molecule has 84 valence electrons. The molecule has 3 N–H and O–H groups in total. The topological polar surface area (TPSA) is 72.3 Å². The third kappa shape index (κ3) is 1.52. The molecule has 0 aliphatic heterocycles. The quantitative estimate of drug-likeness (QED) is 0.771. The van der Waals surface area contributed by atoms with Gasteiger partial charge < -0.3 is 15.4 Å². The van der Waals surface area contributed by atoms with Crippen molar-refractivity contribution >= 4 is 5.82 Å². The fourth-order valence-corrected chi connectivity index (χ4v) is 1.85. The van der Waals surface area contributed by atoms with Gasteiger partial charge in [0.15, 0.2) is 11.6 Å². The van der Waals surface area contributed by atoms with Gasteiger partial charge in [-0.1, -0.05) is 5.16 Å². The van der Waals surface area contributed by atoms with Gasteiger partial charge in [0.05, 0.1) is 0 Å². The van der Waals surface area contributed by atoms with Crippen LogP contribution in [-0.2, 0) is 0 Å². The first-order valence-electron chi connectivity index (χ1n) is 5.03. The molecule has 0 spiro atoms. The highest BCUT2D eigenvalue weighted by Gasteiger charge is 2.14. The first kappa shape index (κ1) is 10.5. The molecule has 0 amide bonds. The van der Waals surface area contributed by atoms with Gasteiger partial charge in [0, 0.05) is 11.6 Å². The van der Waals surface area contributed by atoms with E-state index in [9.17, 15) is 5.11 Å². The van der Waals surface area contributed by atoms with E-state index in [2.05, 4.69) is 5.16 Å². The van der Waals surface area contributed by atoms with Gasteiger partial charge in [0.25, 0.3) is 0 Å². The third-order valence-corrected chi connectivity index (χ3v) is 2.84. The van der Waals surface area contributed by atoms with Gasteiger partial charge in [-0.2, -0.15) is 0 Å². The van der Waals surface area contributed by atoms with Crippen LogP contribution in [0.4, 0.5) is 5.82 Å². The number of aromatic hydroxyl groups is 1. The zero-order valence-electron chi connectivity index (χ0n) is 9.53. The number of nitrogens with two attached hydrogens (primary N) is 1. The highest BCUT2D eigenvalue weighted by Crippen LogP contribution is 2.34. The summed E-state index contributed by atoms with van der Waals surface area (Å²) in [6.45, 7) is 5.73. The number of aryl methyl sites for hydroxylation is 1. The van der Waals surface area contributed by atoms with E-state index in [1.165, 1.54) is 0 Å². The summed E-state index contributed by atoms with van der Waals surface area (Å²) in [4.78, 5) is 0. The van der Waals surface area contributed by atoms with Gasteiger partial charge in [0.2, 0.25) is 0 Å². The second kappa shape index (κ2) is 3.56. The largest absolute Gasteiger partial charge is 0.508 e. The van der Waals surface area contributed by atoms with Crippen molar-refractivity contribution in [3.8, 4) is 17.1 Å². The second-order valence-corrected chi connectivity index (χ2v) is 3.95. The monoisotopic (exact) mass is 218 g/mol. The molecular formula is C12H14N2O2. The maximum atomic E-state index is 9.69. The number of aromatic nitrogens is 1. The molecule has 1 aromatic carbocycles. The van der Waals surface area contributed by atoms with Gasteiger partial charge in [-0.05, 0) is 43.5 Å². The van der Waals surface area contributed by atoms with E-state index in [0.29, 0.717) is 17.3 Å². The van der Waals surface area contributed by atoms with Crippen LogP contribution < -0.4 is 5.73 Å². The summed E-state index contributed by atoms with van der Waals surface area (Å²) in [5.74, 6) is 1.29. The summed E-state index contributed by atoms with van der Waals surface area (Å²) >= 11 is 0. The van der Waals surface area contributed by atoms with Gasteiger partial charge in [-0.25, -0.2) is 0 Å². The Kier molecular flexibility index (Phi) is 2.34. The average Bonchev–Trinajstić information content (AvgIpc) is 2.61. The van der Waals surface area contributed by atoms with Crippen molar-refractivity contribution in [2.45, 2.75) is 20.8 Å². The fourth-order valence-electron chi connectivity index (χ4n) is 1.85. The molecule has 4 nitrogen and oxygen atoms in total. The van der Waals surface area contributed by atoms with Gasteiger partial charge >= 0.3 is 0 Å². The Morgan fingerprint density at radius 2 is 1.88 bits per heavy atom. The number of hydrogen-bond acceptors (Lipinski definition) is 4. The molecule has 4 heteroatoms. The summed E-state index contributed by atoms with van der Waals surface area (Å²) < 4.78 is 5.15. The normalized spacial score (nSPS) is 10.7. The van der Waals surface area contributed by atoms with Crippen molar-refractivity contribution in [3.05, 3.63) is 28.8 Å². The molecule has 0 saturated heterocycles. The predicted octanol–water partition coefficient (Wildman–Crippen LogP) is 2.55.